The fraction of sp³-hybridized carbons (Fsp3) is 0.650. The molecule has 0 saturated carbocycles. The van der Waals surface area contributed by atoms with Crippen molar-refractivity contribution in [1.29, 1.82) is 0 Å². The summed E-state index contributed by atoms with van der Waals surface area (Å²) in [5.74, 6) is 0.988. The van der Waals surface area contributed by atoms with Gasteiger partial charge in [-0.3, -0.25) is 4.99 Å². The van der Waals surface area contributed by atoms with Crippen LogP contribution in [-0.2, 0) is 15.9 Å². The smallest absolute Gasteiger partial charge is 0.193 e. The first-order valence-corrected chi connectivity index (χ1v) is 9.92. The minimum atomic E-state index is 0. The molecule has 0 spiro atoms. The molecule has 0 atom stereocenters. The summed E-state index contributed by atoms with van der Waals surface area (Å²) < 4.78 is 11.0. The molecule has 154 valence electrons. The maximum Gasteiger partial charge on any atom is 0.193 e. The van der Waals surface area contributed by atoms with Crippen molar-refractivity contribution in [1.82, 2.24) is 10.2 Å². The highest BCUT2D eigenvalue weighted by Crippen LogP contribution is 2.16. The molecule has 1 aromatic carbocycles. The third-order valence-electron chi connectivity index (χ3n) is 4.66. The van der Waals surface area contributed by atoms with Gasteiger partial charge in [-0.25, -0.2) is 0 Å². The van der Waals surface area contributed by atoms with Gasteiger partial charge in [-0.15, -0.1) is 24.0 Å². The molecule has 1 aliphatic heterocycles. The monoisotopic (exact) mass is 509 g/mol. The lowest BCUT2D eigenvalue weighted by atomic mass is 10.1. The molecule has 0 bridgehead atoms. The summed E-state index contributed by atoms with van der Waals surface area (Å²) in [7, 11) is 3.58. The standard InChI is InChI=1S/C20H32ClN3O2.HI/c1-22-20(23-12-5-8-17-7-3-4-9-19(17)21)24-13-10-18(11-14-24)26-16-6-15-25-2;/h3-4,7,9,18H,5-6,8,10-16H2,1-2H3,(H,22,23);1H. The second-order valence-corrected chi connectivity index (χ2v) is 6.98. The van der Waals surface area contributed by atoms with E-state index in [0.29, 0.717) is 6.10 Å². The van der Waals surface area contributed by atoms with Crippen molar-refractivity contribution < 1.29 is 9.47 Å². The number of halogens is 2. The van der Waals surface area contributed by atoms with Gasteiger partial charge in [-0.2, -0.15) is 0 Å². The summed E-state index contributed by atoms with van der Waals surface area (Å²) in [5.41, 5.74) is 1.21. The molecule has 0 aromatic heterocycles. The van der Waals surface area contributed by atoms with Crippen molar-refractivity contribution >= 4 is 41.5 Å². The van der Waals surface area contributed by atoms with E-state index in [0.717, 1.165) is 75.9 Å². The van der Waals surface area contributed by atoms with Gasteiger partial charge in [0.2, 0.25) is 0 Å². The molecule has 27 heavy (non-hydrogen) atoms. The topological polar surface area (TPSA) is 46.1 Å². The van der Waals surface area contributed by atoms with Crippen molar-refractivity contribution in [3.8, 4) is 0 Å². The Morgan fingerprint density at radius 1 is 1.22 bits per heavy atom. The van der Waals surface area contributed by atoms with E-state index in [1.165, 1.54) is 5.56 Å². The molecule has 0 radical (unpaired) electrons. The van der Waals surface area contributed by atoms with E-state index in [-0.39, 0.29) is 24.0 Å². The number of nitrogens with zero attached hydrogens (tertiary/aromatic N) is 2. The molecular formula is C20H33ClIN3O2. The molecule has 2 rings (SSSR count). The van der Waals surface area contributed by atoms with E-state index in [2.05, 4.69) is 21.3 Å². The zero-order valence-corrected chi connectivity index (χ0v) is 19.5. The number of benzene rings is 1. The van der Waals surface area contributed by atoms with Crippen molar-refractivity contribution in [3.05, 3.63) is 34.9 Å². The first kappa shape index (κ1) is 24.5. The minimum absolute atomic E-state index is 0. The number of hydrogen-bond acceptors (Lipinski definition) is 3. The predicted molar refractivity (Wildman–Crippen MR) is 124 cm³/mol. The van der Waals surface area contributed by atoms with E-state index < -0.39 is 0 Å². The Hall–Kier alpha value is -0.570. The van der Waals surface area contributed by atoms with Gasteiger partial charge in [-0.1, -0.05) is 29.8 Å². The van der Waals surface area contributed by atoms with Crippen LogP contribution in [-0.4, -0.2) is 64.0 Å². The van der Waals surface area contributed by atoms with Gasteiger partial charge in [-0.05, 0) is 43.7 Å². The lowest BCUT2D eigenvalue weighted by Gasteiger charge is -2.34. The second-order valence-electron chi connectivity index (χ2n) is 6.57. The number of guanidine groups is 1. The third-order valence-corrected chi connectivity index (χ3v) is 5.03. The van der Waals surface area contributed by atoms with Crippen molar-refractivity contribution in [2.45, 2.75) is 38.2 Å². The molecule has 0 amide bonds. The van der Waals surface area contributed by atoms with Crippen LogP contribution in [0.1, 0.15) is 31.2 Å². The molecule has 5 nitrogen and oxygen atoms in total. The summed E-state index contributed by atoms with van der Waals surface area (Å²) in [5, 5.41) is 4.33. The highest BCUT2D eigenvalue weighted by atomic mass is 127. The Morgan fingerprint density at radius 2 is 1.96 bits per heavy atom. The van der Waals surface area contributed by atoms with E-state index in [1.807, 2.05) is 25.2 Å². The number of aliphatic imine (C=N–C) groups is 1. The van der Waals surface area contributed by atoms with Crippen LogP contribution in [0.2, 0.25) is 5.02 Å². The van der Waals surface area contributed by atoms with Gasteiger partial charge in [0, 0.05) is 52.0 Å². The summed E-state index contributed by atoms with van der Waals surface area (Å²) in [6.07, 6.45) is 5.43. The number of ether oxygens (including phenoxy) is 2. The molecule has 0 unspecified atom stereocenters. The van der Waals surface area contributed by atoms with E-state index in [1.54, 1.807) is 7.11 Å². The summed E-state index contributed by atoms with van der Waals surface area (Å²) in [6, 6.07) is 8.05. The lowest BCUT2D eigenvalue weighted by Crippen LogP contribution is -2.47. The maximum absolute atomic E-state index is 6.21. The molecule has 1 saturated heterocycles. The largest absolute Gasteiger partial charge is 0.385 e. The van der Waals surface area contributed by atoms with Crippen LogP contribution < -0.4 is 5.32 Å². The van der Waals surface area contributed by atoms with Crippen LogP contribution in [0, 0.1) is 0 Å². The summed E-state index contributed by atoms with van der Waals surface area (Å²) >= 11 is 6.21. The zero-order chi connectivity index (χ0) is 18.6. The Balaban J connectivity index is 0.00000364. The number of nitrogens with one attached hydrogen (secondary N) is 1. The Kier molecular flexibility index (Phi) is 13.1. The van der Waals surface area contributed by atoms with Gasteiger partial charge in [0.1, 0.15) is 0 Å². The zero-order valence-electron chi connectivity index (χ0n) is 16.5. The Morgan fingerprint density at radius 3 is 2.63 bits per heavy atom. The van der Waals surface area contributed by atoms with Crippen LogP contribution in [0.25, 0.3) is 0 Å². The number of aryl methyl sites for hydroxylation is 1. The highest BCUT2D eigenvalue weighted by molar-refractivity contribution is 14.0. The first-order chi connectivity index (χ1) is 12.7. The fourth-order valence-corrected chi connectivity index (χ4v) is 3.43. The van der Waals surface area contributed by atoms with Crippen LogP contribution >= 0.6 is 35.6 Å². The number of likely N-dealkylation sites (tertiary alicyclic amines) is 1. The molecule has 1 aromatic rings. The van der Waals surface area contributed by atoms with E-state index in [4.69, 9.17) is 21.1 Å². The second kappa shape index (κ2) is 14.4. The van der Waals surface area contributed by atoms with Crippen LogP contribution in [0.5, 0.6) is 0 Å². The van der Waals surface area contributed by atoms with Gasteiger partial charge >= 0.3 is 0 Å². The van der Waals surface area contributed by atoms with Crippen LogP contribution in [0.3, 0.4) is 0 Å². The minimum Gasteiger partial charge on any atom is -0.385 e. The molecule has 0 aliphatic carbocycles. The Bertz CT molecular complexity index is 552. The first-order valence-electron chi connectivity index (χ1n) is 9.54. The molecule has 7 heteroatoms. The van der Waals surface area contributed by atoms with Crippen molar-refractivity contribution in [2.24, 2.45) is 4.99 Å². The molecule has 1 fully saturated rings. The van der Waals surface area contributed by atoms with Crippen LogP contribution in [0.4, 0.5) is 0 Å². The molecule has 1 aliphatic rings. The van der Waals surface area contributed by atoms with Crippen molar-refractivity contribution in [2.75, 3.05) is 47.0 Å². The van der Waals surface area contributed by atoms with Gasteiger partial charge in [0.25, 0.3) is 0 Å². The van der Waals surface area contributed by atoms with Crippen molar-refractivity contribution in [3.63, 3.8) is 0 Å². The summed E-state index contributed by atoms with van der Waals surface area (Å²) in [4.78, 5) is 6.76. The third kappa shape index (κ3) is 8.98. The SMILES string of the molecule is CN=C(NCCCc1ccccc1Cl)N1CCC(OCCCOC)CC1.I. The maximum atomic E-state index is 6.21. The fourth-order valence-electron chi connectivity index (χ4n) is 3.20. The van der Waals surface area contributed by atoms with E-state index in [9.17, 15) is 0 Å². The number of hydrogen-bond donors (Lipinski definition) is 1. The van der Waals surface area contributed by atoms with Gasteiger partial charge in [0.15, 0.2) is 5.96 Å². The predicted octanol–water partition coefficient (Wildman–Crippen LogP) is 3.98. The molecule has 1 heterocycles. The number of methoxy groups -OCH3 is 1. The molecular weight excluding hydrogens is 477 g/mol. The number of piperidine rings is 1. The highest BCUT2D eigenvalue weighted by Gasteiger charge is 2.21. The Labute approximate surface area is 185 Å². The summed E-state index contributed by atoms with van der Waals surface area (Å²) in [6.45, 7) is 4.42. The average Bonchev–Trinajstić information content (AvgIpc) is 2.67. The van der Waals surface area contributed by atoms with E-state index >= 15 is 0 Å². The van der Waals surface area contributed by atoms with Crippen LogP contribution in [0.15, 0.2) is 29.3 Å². The van der Waals surface area contributed by atoms with Gasteiger partial charge in [0.05, 0.1) is 6.10 Å². The quantitative estimate of drug-likeness (QED) is 0.237. The normalized spacial score (nSPS) is 15.5. The average molecular weight is 510 g/mol. The van der Waals surface area contributed by atoms with Gasteiger partial charge < -0.3 is 19.7 Å². The lowest BCUT2D eigenvalue weighted by molar-refractivity contribution is 0.00991. The molecule has 1 N–H and O–H groups in total. The number of rotatable bonds is 9.